The predicted molar refractivity (Wildman–Crippen MR) is 84.9 cm³/mol. The van der Waals surface area contributed by atoms with Gasteiger partial charge in [-0.15, -0.1) is 0 Å². The summed E-state index contributed by atoms with van der Waals surface area (Å²) in [6.45, 7) is 8.23. The van der Waals surface area contributed by atoms with Crippen LogP contribution in [0, 0.1) is 0 Å². The largest absolute Gasteiger partial charge is 0.444 e. The van der Waals surface area contributed by atoms with Gasteiger partial charge in [0.15, 0.2) is 0 Å². The van der Waals surface area contributed by atoms with Gasteiger partial charge in [-0.05, 0) is 46.7 Å². The Kier molecular flexibility index (Phi) is 5.84. The number of piperidine rings is 1. The van der Waals surface area contributed by atoms with Crippen molar-refractivity contribution in [2.45, 2.75) is 57.8 Å². The smallest absolute Gasteiger partial charge is 0.407 e. The van der Waals surface area contributed by atoms with E-state index in [-0.39, 0.29) is 31.5 Å². The number of alkyl carbamates (subject to hydrolysis) is 1. The molecule has 0 spiro atoms. The van der Waals surface area contributed by atoms with Crippen molar-refractivity contribution in [1.82, 2.24) is 15.1 Å². The van der Waals surface area contributed by atoms with Crippen LogP contribution in [-0.2, 0) is 9.53 Å². The second-order valence-corrected chi connectivity index (χ2v) is 7.28. The molecule has 1 N–H and O–H groups in total. The van der Waals surface area contributed by atoms with Gasteiger partial charge in [0.25, 0.3) is 0 Å². The van der Waals surface area contributed by atoms with E-state index in [1.807, 2.05) is 0 Å². The van der Waals surface area contributed by atoms with Gasteiger partial charge in [-0.3, -0.25) is 9.69 Å². The van der Waals surface area contributed by atoms with E-state index in [9.17, 15) is 14.0 Å². The quantitative estimate of drug-likeness (QED) is 0.850. The summed E-state index contributed by atoms with van der Waals surface area (Å²) in [4.78, 5) is 27.4. The molecule has 23 heavy (non-hydrogen) atoms. The lowest BCUT2D eigenvalue weighted by Crippen LogP contribution is -2.57. The Hall–Kier alpha value is -1.37. The lowest BCUT2D eigenvalue weighted by Gasteiger charge is -2.44. The average molecular weight is 329 g/mol. The number of alkyl halides is 1. The zero-order valence-electron chi connectivity index (χ0n) is 14.3. The van der Waals surface area contributed by atoms with E-state index in [1.54, 1.807) is 25.7 Å². The van der Waals surface area contributed by atoms with Crippen LogP contribution in [0.3, 0.4) is 0 Å². The Balaban J connectivity index is 1.67. The second kappa shape index (κ2) is 7.47. The zero-order valence-corrected chi connectivity index (χ0v) is 14.3. The molecule has 0 aromatic carbocycles. The molecule has 0 radical (unpaired) electrons. The highest BCUT2D eigenvalue weighted by Crippen LogP contribution is 2.24. The van der Waals surface area contributed by atoms with E-state index in [2.05, 4.69) is 10.2 Å². The zero-order chi connectivity index (χ0) is 17.0. The molecule has 0 unspecified atom stereocenters. The van der Waals surface area contributed by atoms with Crippen LogP contribution in [0.2, 0.25) is 0 Å². The summed E-state index contributed by atoms with van der Waals surface area (Å²) in [5, 5.41) is 2.56. The molecular weight excluding hydrogens is 301 g/mol. The van der Waals surface area contributed by atoms with Gasteiger partial charge in [0.1, 0.15) is 11.8 Å². The first-order chi connectivity index (χ1) is 10.8. The highest BCUT2D eigenvalue weighted by atomic mass is 19.1. The molecule has 2 heterocycles. The first-order valence-electron chi connectivity index (χ1n) is 8.39. The number of halogens is 1. The van der Waals surface area contributed by atoms with Gasteiger partial charge < -0.3 is 15.0 Å². The maximum absolute atomic E-state index is 14.2. The molecule has 7 heteroatoms. The molecule has 6 nitrogen and oxygen atoms in total. The van der Waals surface area contributed by atoms with Gasteiger partial charge in [-0.1, -0.05) is 0 Å². The molecule has 2 atom stereocenters. The predicted octanol–water partition coefficient (Wildman–Crippen LogP) is 1.55. The van der Waals surface area contributed by atoms with Crippen LogP contribution < -0.4 is 5.32 Å². The number of ether oxygens (including phenoxy) is 1. The fraction of sp³-hybridized carbons (Fsp3) is 0.875. The number of amides is 2. The summed E-state index contributed by atoms with van der Waals surface area (Å²) in [7, 11) is 0. The van der Waals surface area contributed by atoms with Crippen LogP contribution in [0.25, 0.3) is 0 Å². The fourth-order valence-electron chi connectivity index (χ4n) is 2.95. The van der Waals surface area contributed by atoms with Gasteiger partial charge >= 0.3 is 6.09 Å². The van der Waals surface area contributed by atoms with Crippen molar-refractivity contribution in [3.05, 3.63) is 0 Å². The molecule has 2 fully saturated rings. The molecule has 0 bridgehead atoms. The molecule has 2 aliphatic rings. The number of carbonyl (C=O) groups is 2. The molecule has 2 rings (SSSR count). The third-order valence-corrected chi connectivity index (χ3v) is 4.23. The Bertz CT molecular complexity index is 435. The summed E-state index contributed by atoms with van der Waals surface area (Å²) in [5.74, 6) is -0.120. The molecule has 2 saturated heterocycles. The van der Waals surface area contributed by atoms with Crippen molar-refractivity contribution in [2.24, 2.45) is 0 Å². The molecule has 0 aromatic heterocycles. The average Bonchev–Trinajstić information content (AvgIpc) is 2.36. The van der Waals surface area contributed by atoms with Gasteiger partial charge in [-0.2, -0.15) is 0 Å². The number of rotatable bonds is 4. The summed E-state index contributed by atoms with van der Waals surface area (Å²) in [6, 6.07) is -0.0345. The third kappa shape index (κ3) is 5.34. The van der Waals surface area contributed by atoms with Crippen molar-refractivity contribution < 1.29 is 18.7 Å². The van der Waals surface area contributed by atoms with Crippen molar-refractivity contribution >= 4 is 12.0 Å². The highest BCUT2D eigenvalue weighted by Gasteiger charge is 2.36. The monoisotopic (exact) mass is 329 g/mol. The van der Waals surface area contributed by atoms with Gasteiger partial charge in [0.05, 0.1) is 6.54 Å². The molecule has 2 aliphatic heterocycles. The highest BCUT2D eigenvalue weighted by molar-refractivity contribution is 5.77. The van der Waals surface area contributed by atoms with E-state index in [0.29, 0.717) is 13.0 Å². The topological polar surface area (TPSA) is 61.9 Å². The summed E-state index contributed by atoms with van der Waals surface area (Å²) in [5.41, 5.74) is -0.561. The maximum Gasteiger partial charge on any atom is 0.407 e. The van der Waals surface area contributed by atoms with Crippen LogP contribution in [0.4, 0.5) is 9.18 Å². The van der Waals surface area contributed by atoms with Crippen LogP contribution in [0.15, 0.2) is 0 Å². The summed E-state index contributed by atoms with van der Waals surface area (Å²) >= 11 is 0. The van der Waals surface area contributed by atoms with Crippen LogP contribution in [0.1, 0.15) is 40.0 Å². The number of nitrogens with zero attached hydrogens (tertiary/aromatic N) is 2. The summed E-state index contributed by atoms with van der Waals surface area (Å²) < 4.78 is 19.3. The Morgan fingerprint density at radius 1 is 1.26 bits per heavy atom. The standard InChI is InChI=1S/C16H28FN3O3/c1-16(2,3)23-15(22)18-7-5-14(21)20-10-6-13(12(17)11-20)19-8-4-9-19/h12-13H,4-11H2,1-3H3,(H,18,22)/t12-,13+/m0/s1. The van der Waals surface area contributed by atoms with Crippen molar-refractivity contribution in [3.8, 4) is 0 Å². The lowest BCUT2D eigenvalue weighted by atomic mass is 9.98. The minimum Gasteiger partial charge on any atom is -0.444 e. The lowest BCUT2D eigenvalue weighted by molar-refractivity contribution is -0.135. The van der Waals surface area contributed by atoms with Crippen LogP contribution in [0.5, 0.6) is 0 Å². The number of hydrogen-bond acceptors (Lipinski definition) is 4. The molecule has 0 aliphatic carbocycles. The fourth-order valence-corrected chi connectivity index (χ4v) is 2.95. The Labute approximate surface area is 137 Å². The molecule has 2 amide bonds. The van der Waals surface area contributed by atoms with E-state index in [1.165, 1.54) is 0 Å². The number of carbonyl (C=O) groups excluding carboxylic acids is 2. The molecule has 0 saturated carbocycles. The first kappa shape index (κ1) is 18.0. The SMILES string of the molecule is CC(C)(C)OC(=O)NCCC(=O)N1CC[C@@H](N2CCC2)[C@@H](F)C1. The molecular formula is C16H28FN3O3. The minimum absolute atomic E-state index is 0.0345. The van der Waals surface area contributed by atoms with Gasteiger partial charge in [0.2, 0.25) is 5.91 Å². The molecule has 0 aromatic rings. The number of likely N-dealkylation sites (tertiary alicyclic amines) is 2. The summed E-state index contributed by atoms with van der Waals surface area (Å²) in [6.07, 6.45) is 0.478. The minimum atomic E-state index is -0.980. The van der Waals surface area contributed by atoms with Crippen molar-refractivity contribution in [3.63, 3.8) is 0 Å². The van der Waals surface area contributed by atoms with E-state index in [4.69, 9.17) is 4.74 Å². The maximum atomic E-state index is 14.2. The number of hydrogen-bond donors (Lipinski definition) is 1. The number of nitrogens with one attached hydrogen (secondary N) is 1. The Morgan fingerprint density at radius 3 is 2.48 bits per heavy atom. The third-order valence-electron chi connectivity index (χ3n) is 4.23. The van der Waals surface area contributed by atoms with E-state index in [0.717, 1.165) is 19.5 Å². The van der Waals surface area contributed by atoms with Crippen LogP contribution >= 0.6 is 0 Å². The normalized spacial score (nSPS) is 25.7. The van der Waals surface area contributed by atoms with Gasteiger partial charge in [0, 0.05) is 25.6 Å². The first-order valence-corrected chi connectivity index (χ1v) is 8.39. The Morgan fingerprint density at radius 2 is 1.96 bits per heavy atom. The van der Waals surface area contributed by atoms with Crippen molar-refractivity contribution in [2.75, 3.05) is 32.7 Å². The van der Waals surface area contributed by atoms with Gasteiger partial charge in [-0.25, -0.2) is 9.18 Å². The van der Waals surface area contributed by atoms with E-state index < -0.39 is 17.9 Å². The van der Waals surface area contributed by atoms with Crippen LogP contribution in [-0.4, -0.2) is 72.3 Å². The second-order valence-electron chi connectivity index (χ2n) is 7.28. The van der Waals surface area contributed by atoms with E-state index >= 15 is 0 Å². The van der Waals surface area contributed by atoms with Crippen molar-refractivity contribution in [1.29, 1.82) is 0 Å². The molecule has 132 valence electrons.